The van der Waals surface area contributed by atoms with Gasteiger partial charge in [0.2, 0.25) is 10.0 Å². The molecule has 5 heteroatoms. The van der Waals surface area contributed by atoms with E-state index in [2.05, 4.69) is 18.6 Å². The van der Waals surface area contributed by atoms with E-state index in [1.54, 1.807) is 0 Å². The van der Waals surface area contributed by atoms with E-state index >= 15 is 0 Å². The summed E-state index contributed by atoms with van der Waals surface area (Å²) in [7, 11) is -3.26. The molecule has 100 valence electrons. The fourth-order valence-electron chi connectivity index (χ4n) is 1.99. The average molecular weight is 268 g/mol. The van der Waals surface area contributed by atoms with Gasteiger partial charge in [0.05, 0.1) is 5.75 Å². The molecule has 1 aliphatic carbocycles. The molecule has 2 rings (SSSR count). The first-order chi connectivity index (χ1) is 8.32. The van der Waals surface area contributed by atoms with Gasteiger partial charge in [-0.3, -0.25) is 0 Å². The van der Waals surface area contributed by atoms with Crippen LogP contribution >= 0.6 is 0 Å². The molecule has 0 aromatic heterocycles. The van der Waals surface area contributed by atoms with E-state index in [9.17, 15) is 8.42 Å². The lowest BCUT2D eigenvalue weighted by atomic mass is 10.1. The van der Waals surface area contributed by atoms with Gasteiger partial charge in [-0.2, -0.15) is 0 Å². The molecule has 4 nitrogen and oxygen atoms in total. The smallest absolute Gasteiger partial charge is 0.216 e. The fourth-order valence-corrected chi connectivity index (χ4v) is 3.53. The van der Waals surface area contributed by atoms with Crippen LogP contribution in [0.3, 0.4) is 0 Å². The average Bonchev–Trinajstić information content (AvgIpc) is 2.84. The van der Waals surface area contributed by atoms with Crippen molar-refractivity contribution in [2.24, 2.45) is 11.1 Å². The van der Waals surface area contributed by atoms with Gasteiger partial charge in [0, 0.05) is 12.6 Å². The van der Waals surface area contributed by atoms with Crippen LogP contribution in [-0.4, -0.2) is 14.5 Å². The number of hydrogen-bond donors (Lipinski definition) is 2. The van der Waals surface area contributed by atoms with Crippen molar-refractivity contribution < 1.29 is 8.42 Å². The van der Waals surface area contributed by atoms with E-state index < -0.39 is 10.0 Å². The Morgan fingerprint density at radius 3 is 2.56 bits per heavy atom. The Morgan fingerprint density at radius 2 is 2.00 bits per heavy atom. The van der Waals surface area contributed by atoms with E-state index in [4.69, 9.17) is 5.73 Å². The monoisotopic (exact) mass is 268 g/mol. The first kappa shape index (κ1) is 13.5. The summed E-state index contributed by atoms with van der Waals surface area (Å²) < 4.78 is 26.7. The van der Waals surface area contributed by atoms with E-state index in [1.165, 1.54) is 0 Å². The lowest BCUT2D eigenvalue weighted by Gasteiger charge is -2.09. The zero-order chi connectivity index (χ0) is 13.4. The largest absolute Gasteiger partial charge is 0.326 e. The molecule has 0 radical (unpaired) electrons. The molecule has 3 N–H and O–H groups in total. The van der Waals surface area contributed by atoms with E-state index in [0.717, 1.165) is 17.5 Å². The highest BCUT2D eigenvalue weighted by Gasteiger charge is 2.47. The standard InChI is InChI=1S/C13H20N2O2S/c1-13(2)7-12(13)15-18(16,17)9-11-5-3-4-10(6-11)8-14/h3-6,12,15H,7-9,14H2,1-2H3. The van der Waals surface area contributed by atoms with Gasteiger partial charge >= 0.3 is 0 Å². The lowest BCUT2D eigenvalue weighted by molar-refractivity contribution is 0.554. The summed E-state index contributed by atoms with van der Waals surface area (Å²) in [5, 5.41) is 0. The van der Waals surface area contributed by atoms with Crippen molar-refractivity contribution in [1.82, 2.24) is 4.72 Å². The summed E-state index contributed by atoms with van der Waals surface area (Å²) in [6.07, 6.45) is 0.912. The summed E-state index contributed by atoms with van der Waals surface area (Å²) in [4.78, 5) is 0. The molecule has 0 saturated heterocycles. The highest BCUT2D eigenvalue weighted by atomic mass is 32.2. The summed E-state index contributed by atoms with van der Waals surface area (Å²) in [6, 6.07) is 7.48. The number of hydrogen-bond acceptors (Lipinski definition) is 3. The van der Waals surface area contributed by atoms with Gasteiger partial charge in [0.15, 0.2) is 0 Å². The van der Waals surface area contributed by atoms with Crippen LogP contribution in [0, 0.1) is 5.41 Å². The number of sulfonamides is 1. The molecule has 1 aliphatic rings. The van der Waals surface area contributed by atoms with Crippen molar-refractivity contribution >= 4 is 10.0 Å². The van der Waals surface area contributed by atoms with Crippen LogP contribution in [0.15, 0.2) is 24.3 Å². The van der Waals surface area contributed by atoms with Gasteiger partial charge in [0.25, 0.3) is 0 Å². The quantitative estimate of drug-likeness (QED) is 0.847. The second kappa shape index (κ2) is 4.64. The molecule has 1 aromatic rings. The number of benzene rings is 1. The molecule has 0 amide bonds. The van der Waals surface area contributed by atoms with Crippen LogP contribution in [0.1, 0.15) is 31.4 Å². The number of rotatable bonds is 5. The summed E-state index contributed by atoms with van der Waals surface area (Å²) in [6.45, 7) is 4.56. The van der Waals surface area contributed by atoms with Gasteiger partial charge in [-0.15, -0.1) is 0 Å². The molecule has 0 aliphatic heterocycles. The summed E-state index contributed by atoms with van der Waals surface area (Å²) >= 11 is 0. The molecule has 1 aromatic carbocycles. The minimum Gasteiger partial charge on any atom is -0.326 e. The Bertz CT molecular complexity index is 538. The van der Waals surface area contributed by atoms with Gasteiger partial charge < -0.3 is 5.73 Å². The molecule has 0 heterocycles. The maximum absolute atomic E-state index is 12.0. The third-order valence-electron chi connectivity index (χ3n) is 3.42. The van der Waals surface area contributed by atoms with E-state index in [-0.39, 0.29) is 17.2 Å². The Hall–Kier alpha value is -0.910. The summed E-state index contributed by atoms with van der Waals surface area (Å²) in [5.74, 6) is 0.0212. The van der Waals surface area contributed by atoms with Crippen LogP contribution in [-0.2, 0) is 22.3 Å². The SMILES string of the molecule is CC1(C)CC1NS(=O)(=O)Cc1cccc(CN)c1. The van der Waals surface area contributed by atoms with Gasteiger partial charge in [-0.05, 0) is 23.0 Å². The van der Waals surface area contributed by atoms with Crippen LogP contribution in [0.4, 0.5) is 0 Å². The second-order valence-corrected chi connectivity index (χ2v) is 7.40. The highest BCUT2D eigenvalue weighted by molar-refractivity contribution is 7.88. The predicted octanol–water partition coefficient (Wildman–Crippen LogP) is 1.36. The van der Waals surface area contributed by atoms with Crippen molar-refractivity contribution in [3.63, 3.8) is 0 Å². The first-order valence-electron chi connectivity index (χ1n) is 6.10. The molecule has 1 atom stereocenters. The van der Waals surface area contributed by atoms with Crippen LogP contribution in [0.25, 0.3) is 0 Å². The van der Waals surface area contributed by atoms with Crippen molar-refractivity contribution in [3.05, 3.63) is 35.4 Å². The lowest BCUT2D eigenvalue weighted by Crippen LogP contribution is -2.29. The maximum atomic E-state index is 12.0. The minimum atomic E-state index is -3.26. The Kier molecular flexibility index (Phi) is 3.49. The molecule has 1 saturated carbocycles. The van der Waals surface area contributed by atoms with Gasteiger partial charge in [-0.25, -0.2) is 13.1 Å². The van der Waals surface area contributed by atoms with Crippen molar-refractivity contribution in [2.75, 3.05) is 0 Å². The molecule has 18 heavy (non-hydrogen) atoms. The van der Waals surface area contributed by atoms with Crippen LogP contribution in [0.5, 0.6) is 0 Å². The Labute approximate surface area is 109 Å². The minimum absolute atomic E-state index is 0.0212. The zero-order valence-electron chi connectivity index (χ0n) is 10.8. The van der Waals surface area contributed by atoms with E-state index in [0.29, 0.717) is 6.54 Å². The third-order valence-corrected chi connectivity index (χ3v) is 4.78. The number of nitrogens with one attached hydrogen (secondary N) is 1. The second-order valence-electron chi connectivity index (χ2n) is 5.65. The third kappa shape index (κ3) is 3.31. The zero-order valence-corrected chi connectivity index (χ0v) is 11.6. The van der Waals surface area contributed by atoms with Crippen molar-refractivity contribution in [3.8, 4) is 0 Å². The molecule has 1 fully saturated rings. The molecule has 1 unspecified atom stereocenters. The van der Waals surface area contributed by atoms with Crippen molar-refractivity contribution in [1.29, 1.82) is 0 Å². The summed E-state index contributed by atoms with van der Waals surface area (Å²) in [5.41, 5.74) is 7.38. The first-order valence-corrected chi connectivity index (χ1v) is 7.75. The maximum Gasteiger partial charge on any atom is 0.216 e. The Morgan fingerprint density at radius 1 is 1.39 bits per heavy atom. The molecule has 0 spiro atoms. The van der Waals surface area contributed by atoms with Gasteiger partial charge in [-0.1, -0.05) is 38.1 Å². The Balaban J connectivity index is 2.03. The fraction of sp³-hybridized carbons (Fsp3) is 0.538. The molecule has 0 bridgehead atoms. The predicted molar refractivity (Wildman–Crippen MR) is 72.3 cm³/mol. The topological polar surface area (TPSA) is 72.2 Å². The normalized spacial score (nSPS) is 21.8. The highest BCUT2D eigenvalue weighted by Crippen LogP contribution is 2.45. The van der Waals surface area contributed by atoms with Crippen LogP contribution < -0.4 is 10.5 Å². The number of nitrogens with two attached hydrogens (primary N) is 1. The van der Waals surface area contributed by atoms with Crippen molar-refractivity contribution in [2.45, 2.75) is 38.6 Å². The van der Waals surface area contributed by atoms with Crippen LogP contribution in [0.2, 0.25) is 0 Å². The van der Waals surface area contributed by atoms with E-state index in [1.807, 2.05) is 24.3 Å². The van der Waals surface area contributed by atoms with Gasteiger partial charge in [0.1, 0.15) is 0 Å². The molecular weight excluding hydrogens is 248 g/mol. The molecular formula is C13H20N2O2S.